The minimum absolute atomic E-state index is 0.251. The third-order valence-corrected chi connectivity index (χ3v) is 5.44. The first kappa shape index (κ1) is 20.9. The van der Waals surface area contributed by atoms with Crippen molar-refractivity contribution in [3.05, 3.63) is 65.5 Å². The Morgan fingerprint density at radius 3 is 2.44 bits per heavy atom. The Kier molecular flexibility index (Phi) is 6.96. The molecule has 2 aromatic carbocycles. The number of halogens is 1. The van der Waals surface area contributed by atoms with Crippen molar-refractivity contribution in [2.45, 2.75) is 32.7 Å². The van der Waals surface area contributed by atoms with Crippen molar-refractivity contribution in [1.82, 2.24) is 5.32 Å². The van der Waals surface area contributed by atoms with Crippen molar-refractivity contribution >= 4 is 21.6 Å². The molecule has 0 aliphatic heterocycles. The van der Waals surface area contributed by atoms with E-state index in [9.17, 15) is 17.6 Å². The van der Waals surface area contributed by atoms with Gasteiger partial charge >= 0.3 is 0 Å². The van der Waals surface area contributed by atoms with Gasteiger partial charge in [0.1, 0.15) is 11.9 Å². The Morgan fingerprint density at radius 1 is 1.19 bits per heavy atom. The van der Waals surface area contributed by atoms with Crippen LogP contribution in [0.25, 0.3) is 0 Å². The van der Waals surface area contributed by atoms with Gasteiger partial charge in [-0.15, -0.1) is 0 Å². The Hall–Kier alpha value is -2.41. The molecule has 5 nitrogen and oxygen atoms in total. The number of nitrogens with one attached hydrogen (secondary N) is 1. The van der Waals surface area contributed by atoms with Crippen molar-refractivity contribution in [3.8, 4) is 0 Å². The summed E-state index contributed by atoms with van der Waals surface area (Å²) < 4.78 is 38.5. The van der Waals surface area contributed by atoms with E-state index in [0.29, 0.717) is 6.54 Å². The highest BCUT2D eigenvalue weighted by Gasteiger charge is 2.28. The molecule has 0 spiro atoms. The topological polar surface area (TPSA) is 66.5 Å². The van der Waals surface area contributed by atoms with Crippen LogP contribution in [0.15, 0.2) is 48.5 Å². The maximum atomic E-state index is 13.1. The maximum absolute atomic E-state index is 13.1. The molecular weight excluding hydrogens is 367 g/mol. The smallest absolute Gasteiger partial charge is 0.243 e. The van der Waals surface area contributed by atoms with E-state index in [2.05, 4.69) is 11.4 Å². The number of hydrogen-bond donors (Lipinski definition) is 1. The molecule has 2 rings (SSSR count). The van der Waals surface area contributed by atoms with Crippen molar-refractivity contribution in [2.24, 2.45) is 0 Å². The monoisotopic (exact) mass is 392 g/mol. The molecule has 146 valence electrons. The van der Waals surface area contributed by atoms with Crippen LogP contribution in [-0.2, 0) is 21.2 Å². The van der Waals surface area contributed by atoms with Gasteiger partial charge in [0.2, 0.25) is 15.9 Å². The third kappa shape index (κ3) is 6.06. The highest BCUT2D eigenvalue weighted by Crippen LogP contribution is 2.21. The Balaban J connectivity index is 1.97. The quantitative estimate of drug-likeness (QED) is 0.702. The van der Waals surface area contributed by atoms with Gasteiger partial charge in [-0.2, -0.15) is 0 Å². The van der Waals surface area contributed by atoms with E-state index in [-0.39, 0.29) is 5.69 Å². The summed E-state index contributed by atoms with van der Waals surface area (Å²) in [5, 5.41) is 2.78. The molecule has 0 aliphatic carbocycles. The molecule has 7 heteroatoms. The van der Waals surface area contributed by atoms with Crippen LogP contribution < -0.4 is 9.62 Å². The van der Waals surface area contributed by atoms with Gasteiger partial charge in [-0.3, -0.25) is 9.10 Å². The second-order valence-corrected chi connectivity index (χ2v) is 8.45. The van der Waals surface area contributed by atoms with Crippen molar-refractivity contribution < 1.29 is 17.6 Å². The molecule has 0 saturated carbocycles. The average Bonchev–Trinajstić information content (AvgIpc) is 2.59. The number of aryl methyl sites for hydroxylation is 2. The summed E-state index contributed by atoms with van der Waals surface area (Å²) in [6.07, 6.45) is 2.60. The van der Waals surface area contributed by atoms with Gasteiger partial charge in [-0.25, -0.2) is 12.8 Å². The molecule has 0 heterocycles. The van der Waals surface area contributed by atoms with E-state index in [4.69, 9.17) is 0 Å². The number of benzene rings is 2. The highest BCUT2D eigenvalue weighted by atomic mass is 32.2. The molecule has 0 aromatic heterocycles. The molecule has 0 saturated heterocycles. The van der Waals surface area contributed by atoms with E-state index >= 15 is 0 Å². The molecule has 27 heavy (non-hydrogen) atoms. The van der Waals surface area contributed by atoms with Gasteiger partial charge in [0.25, 0.3) is 0 Å². The normalized spacial score (nSPS) is 12.4. The fourth-order valence-electron chi connectivity index (χ4n) is 2.92. The second-order valence-electron chi connectivity index (χ2n) is 6.59. The number of carbonyl (C=O) groups excluding carboxylic acids is 1. The predicted molar refractivity (Wildman–Crippen MR) is 106 cm³/mol. The van der Waals surface area contributed by atoms with Crippen LogP contribution in [0.2, 0.25) is 0 Å². The molecule has 0 bridgehead atoms. The first-order chi connectivity index (χ1) is 12.7. The minimum atomic E-state index is -3.70. The lowest BCUT2D eigenvalue weighted by molar-refractivity contribution is -0.121. The Bertz CT molecular complexity index is 882. The molecule has 0 fully saturated rings. The molecule has 0 radical (unpaired) electrons. The van der Waals surface area contributed by atoms with Crippen LogP contribution in [0.3, 0.4) is 0 Å². The van der Waals surface area contributed by atoms with Crippen LogP contribution in [0.5, 0.6) is 0 Å². The lowest BCUT2D eigenvalue weighted by Gasteiger charge is -2.28. The predicted octanol–water partition coefficient (Wildman–Crippen LogP) is 3.04. The van der Waals surface area contributed by atoms with Crippen molar-refractivity contribution in [3.63, 3.8) is 0 Å². The highest BCUT2D eigenvalue weighted by molar-refractivity contribution is 7.92. The average molecular weight is 392 g/mol. The second kappa shape index (κ2) is 8.99. The van der Waals surface area contributed by atoms with Crippen LogP contribution in [0.1, 0.15) is 24.5 Å². The van der Waals surface area contributed by atoms with Gasteiger partial charge in [-0.05, 0) is 56.5 Å². The van der Waals surface area contributed by atoms with Gasteiger partial charge in [0, 0.05) is 6.54 Å². The zero-order valence-corrected chi connectivity index (χ0v) is 16.6. The lowest BCUT2D eigenvalue weighted by Crippen LogP contribution is -2.48. The summed E-state index contributed by atoms with van der Waals surface area (Å²) in [7, 11) is -3.70. The summed E-state index contributed by atoms with van der Waals surface area (Å²) >= 11 is 0. The van der Waals surface area contributed by atoms with E-state index < -0.39 is 27.8 Å². The molecule has 1 N–H and O–H groups in total. The Morgan fingerprint density at radius 2 is 1.85 bits per heavy atom. The van der Waals surface area contributed by atoms with Crippen molar-refractivity contribution in [1.29, 1.82) is 0 Å². The molecule has 0 aliphatic rings. The maximum Gasteiger partial charge on any atom is 0.243 e. The van der Waals surface area contributed by atoms with Crippen molar-refractivity contribution in [2.75, 3.05) is 17.1 Å². The molecule has 0 unspecified atom stereocenters. The van der Waals surface area contributed by atoms with E-state index in [1.54, 1.807) is 0 Å². The van der Waals surface area contributed by atoms with E-state index in [1.165, 1.54) is 42.3 Å². The minimum Gasteiger partial charge on any atom is -0.354 e. The van der Waals surface area contributed by atoms with Crippen LogP contribution in [-0.4, -0.2) is 33.2 Å². The van der Waals surface area contributed by atoms with Crippen LogP contribution >= 0.6 is 0 Å². The standard InChI is InChI=1S/C20H25FN2O3S/c1-15-6-4-7-17(14-15)8-5-13-22-20(24)16(2)23(27(3,25)26)19-11-9-18(21)10-12-19/h4,6-7,9-12,14,16H,5,8,13H2,1-3H3,(H,22,24)/t16-/m1/s1. The fraction of sp³-hybridized carbons (Fsp3) is 0.350. The number of hydrogen-bond acceptors (Lipinski definition) is 3. The van der Waals surface area contributed by atoms with Gasteiger partial charge in [0.15, 0.2) is 0 Å². The summed E-state index contributed by atoms with van der Waals surface area (Å²) in [6, 6.07) is 12.3. The largest absolute Gasteiger partial charge is 0.354 e. The number of sulfonamides is 1. The first-order valence-corrected chi connectivity index (χ1v) is 10.6. The molecule has 1 amide bonds. The number of anilines is 1. The van der Waals surface area contributed by atoms with Gasteiger partial charge in [-0.1, -0.05) is 29.8 Å². The third-order valence-electron chi connectivity index (χ3n) is 4.19. The summed E-state index contributed by atoms with van der Waals surface area (Å²) in [5.74, 6) is -0.866. The van der Waals surface area contributed by atoms with Crippen LogP contribution in [0.4, 0.5) is 10.1 Å². The fourth-order valence-corrected chi connectivity index (χ4v) is 4.09. The van der Waals surface area contributed by atoms with Crippen LogP contribution in [0, 0.1) is 12.7 Å². The number of nitrogens with zero attached hydrogens (tertiary/aromatic N) is 1. The zero-order chi connectivity index (χ0) is 20.0. The van der Waals surface area contributed by atoms with Gasteiger partial charge in [0.05, 0.1) is 11.9 Å². The lowest BCUT2D eigenvalue weighted by atomic mass is 10.1. The van der Waals surface area contributed by atoms with Gasteiger partial charge < -0.3 is 5.32 Å². The molecule has 1 atom stereocenters. The molecule has 2 aromatic rings. The summed E-state index contributed by atoms with van der Waals surface area (Å²) in [4.78, 5) is 12.4. The number of rotatable bonds is 8. The summed E-state index contributed by atoms with van der Waals surface area (Å²) in [5.41, 5.74) is 2.64. The number of amides is 1. The zero-order valence-electron chi connectivity index (χ0n) is 15.8. The summed E-state index contributed by atoms with van der Waals surface area (Å²) in [6.45, 7) is 3.99. The van der Waals surface area contributed by atoms with E-state index in [0.717, 1.165) is 23.4 Å². The SMILES string of the molecule is Cc1cccc(CCCNC(=O)[C@@H](C)N(c2ccc(F)cc2)S(C)(=O)=O)c1. The first-order valence-electron chi connectivity index (χ1n) is 8.76. The Labute approximate surface area is 160 Å². The van der Waals surface area contributed by atoms with E-state index in [1.807, 2.05) is 25.1 Å². The number of carbonyl (C=O) groups is 1. The molecular formula is C20H25FN2O3S.